The number of ether oxygens (including phenoxy) is 6. The Balaban J connectivity index is 1.51. The quantitative estimate of drug-likeness (QED) is 0.349. The van der Waals surface area contributed by atoms with Gasteiger partial charge < -0.3 is 28.4 Å². The molecule has 0 aromatic carbocycles. The van der Waals surface area contributed by atoms with E-state index in [-0.39, 0.29) is 39.3 Å². The van der Waals surface area contributed by atoms with Crippen LogP contribution in [0.3, 0.4) is 0 Å². The van der Waals surface area contributed by atoms with Crippen molar-refractivity contribution in [3.05, 3.63) is 12.2 Å². The summed E-state index contributed by atoms with van der Waals surface area (Å²) in [6.45, 7) is -0.0600. The van der Waals surface area contributed by atoms with E-state index in [1.54, 1.807) is 0 Å². The van der Waals surface area contributed by atoms with E-state index in [2.05, 4.69) is 18.9 Å². The van der Waals surface area contributed by atoms with Crippen LogP contribution in [0.25, 0.3) is 0 Å². The molecule has 10 heteroatoms. The fourth-order valence-corrected chi connectivity index (χ4v) is 1.74. The van der Waals surface area contributed by atoms with E-state index >= 15 is 0 Å². The molecule has 0 spiro atoms. The molecule has 24 heavy (non-hydrogen) atoms. The number of rotatable bonds is 8. The second kappa shape index (κ2) is 8.75. The third kappa shape index (κ3) is 6.15. The van der Waals surface area contributed by atoms with Crippen molar-refractivity contribution >= 4 is 24.2 Å². The molecule has 0 bridgehead atoms. The van der Waals surface area contributed by atoms with Crippen LogP contribution in [-0.2, 0) is 38.0 Å². The minimum atomic E-state index is -0.784. The van der Waals surface area contributed by atoms with Crippen molar-refractivity contribution in [3.63, 3.8) is 0 Å². The number of carbonyl (C=O) groups is 4. The van der Waals surface area contributed by atoms with E-state index < -0.39 is 36.5 Å². The van der Waals surface area contributed by atoms with Gasteiger partial charge >= 0.3 is 24.2 Å². The molecule has 0 aromatic heterocycles. The van der Waals surface area contributed by atoms with Crippen molar-refractivity contribution in [1.29, 1.82) is 0 Å². The molecule has 2 unspecified atom stereocenters. The molecule has 2 aliphatic rings. The molecule has 2 saturated heterocycles. The molecule has 0 amide bonds. The summed E-state index contributed by atoms with van der Waals surface area (Å²) in [5.74, 6) is -1.06. The van der Waals surface area contributed by atoms with Gasteiger partial charge in [0.1, 0.15) is 26.4 Å². The zero-order chi connectivity index (χ0) is 17.4. The lowest BCUT2D eigenvalue weighted by molar-refractivity contribution is -0.146. The van der Waals surface area contributed by atoms with E-state index in [0.717, 1.165) is 0 Å². The topological polar surface area (TPSA) is 124 Å². The normalized spacial score (nSPS) is 22.5. The third-order valence-electron chi connectivity index (χ3n) is 2.90. The Bertz CT molecular complexity index is 480. The SMILES string of the molecule is O=C(C/C=C/CC(=O)OCC1COC(=O)O1)OCC1COC(=O)O1. The minimum Gasteiger partial charge on any atom is -0.461 e. The molecule has 2 fully saturated rings. The van der Waals surface area contributed by atoms with Crippen LogP contribution in [0, 0.1) is 0 Å². The fraction of sp³-hybridized carbons (Fsp3) is 0.571. The van der Waals surface area contributed by atoms with Gasteiger partial charge in [0, 0.05) is 0 Å². The van der Waals surface area contributed by atoms with Gasteiger partial charge in [-0.2, -0.15) is 0 Å². The monoisotopic (exact) mass is 344 g/mol. The largest absolute Gasteiger partial charge is 0.508 e. The van der Waals surface area contributed by atoms with Gasteiger partial charge in [-0.1, -0.05) is 12.2 Å². The van der Waals surface area contributed by atoms with Gasteiger partial charge in [0.25, 0.3) is 0 Å². The highest BCUT2D eigenvalue weighted by Gasteiger charge is 2.26. The molecule has 0 saturated carbocycles. The average molecular weight is 344 g/mol. The first-order chi connectivity index (χ1) is 11.5. The van der Waals surface area contributed by atoms with E-state index in [1.165, 1.54) is 12.2 Å². The second-order valence-electron chi connectivity index (χ2n) is 4.85. The summed E-state index contributed by atoms with van der Waals surface area (Å²) in [7, 11) is 0. The smallest absolute Gasteiger partial charge is 0.461 e. The predicted octanol–water partition coefficient (Wildman–Crippen LogP) is 0.480. The van der Waals surface area contributed by atoms with E-state index in [9.17, 15) is 19.2 Å². The molecule has 2 heterocycles. The highest BCUT2D eigenvalue weighted by molar-refractivity contribution is 5.73. The van der Waals surface area contributed by atoms with Crippen molar-refractivity contribution in [2.45, 2.75) is 25.0 Å². The molecule has 10 nitrogen and oxygen atoms in total. The highest BCUT2D eigenvalue weighted by atomic mass is 16.8. The Morgan fingerprint density at radius 1 is 0.875 bits per heavy atom. The third-order valence-corrected chi connectivity index (χ3v) is 2.90. The van der Waals surface area contributed by atoms with Crippen molar-refractivity contribution in [2.24, 2.45) is 0 Å². The molecule has 132 valence electrons. The molecular weight excluding hydrogens is 328 g/mol. The zero-order valence-electron chi connectivity index (χ0n) is 12.6. The summed E-state index contributed by atoms with van der Waals surface area (Å²) in [5.41, 5.74) is 0. The number of esters is 2. The van der Waals surface area contributed by atoms with Gasteiger partial charge in [0.05, 0.1) is 12.8 Å². The lowest BCUT2D eigenvalue weighted by Crippen LogP contribution is -2.20. The Kier molecular flexibility index (Phi) is 6.41. The van der Waals surface area contributed by atoms with Crippen molar-refractivity contribution in [2.75, 3.05) is 26.4 Å². The lowest BCUT2D eigenvalue weighted by Gasteiger charge is -2.07. The first-order valence-electron chi connectivity index (χ1n) is 7.16. The molecule has 2 atom stereocenters. The Morgan fingerprint density at radius 2 is 1.29 bits per heavy atom. The van der Waals surface area contributed by atoms with Gasteiger partial charge in [-0.3, -0.25) is 9.59 Å². The zero-order valence-corrected chi connectivity index (χ0v) is 12.6. The molecule has 2 aliphatic heterocycles. The van der Waals surface area contributed by atoms with Gasteiger partial charge in [0.15, 0.2) is 12.2 Å². The first-order valence-corrected chi connectivity index (χ1v) is 7.16. The number of cyclic esters (lactones) is 4. The maximum atomic E-state index is 11.4. The molecule has 0 N–H and O–H groups in total. The lowest BCUT2D eigenvalue weighted by atomic mass is 10.3. The Hall–Kier alpha value is -2.78. The van der Waals surface area contributed by atoms with Crippen molar-refractivity contribution in [1.82, 2.24) is 0 Å². The maximum absolute atomic E-state index is 11.4. The van der Waals surface area contributed by atoms with Gasteiger partial charge in [-0.05, 0) is 0 Å². The Labute approximate surface area is 136 Å². The second-order valence-corrected chi connectivity index (χ2v) is 4.85. The molecular formula is C14H16O10. The number of hydrogen-bond acceptors (Lipinski definition) is 10. The molecule has 0 aromatic rings. The van der Waals surface area contributed by atoms with Crippen LogP contribution < -0.4 is 0 Å². The van der Waals surface area contributed by atoms with Crippen LogP contribution >= 0.6 is 0 Å². The summed E-state index contributed by atoms with van der Waals surface area (Å²) >= 11 is 0. The van der Waals surface area contributed by atoms with Crippen LogP contribution in [0.15, 0.2) is 12.2 Å². The molecule has 0 aliphatic carbocycles. The number of carbonyl (C=O) groups excluding carboxylic acids is 4. The van der Waals surface area contributed by atoms with E-state index in [1.807, 2.05) is 0 Å². The summed E-state index contributed by atoms with van der Waals surface area (Å²) in [5, 5.41) is 0. The summed E-state index contributed by atoms with van der Waals surface area (Å²) in [4.78, 5) is 44.2. The summed E-state index contributed by atoms with van der Waals surface area (Å²) in [6.07, 6.45) is 0.0925. The van der Waals surface area contributed by atoms with E-state index in [0.29, 0.717) is 0 Å². The molecule has 0 radical (unpaired) electrons. The van der Waals surface area contributed by atoms with Crippen LogP contribution in [-0.4, -0.2) is 62.9 Å². The van der Waals surface area contributed by atoms with Crippen molar-refractivity contribution in [3.8, 4) is 0 Å². The maximum Gasteiger partial charge on any atom is 0.508 e. The Morgan fingerprint density at radius 3 is 1.62 bits per heavy atom. The first kappa shape index (κ1) is 17.6. The minimum absolute atomic E-state index is 0.0388. The van der Waals surface area contributed by atoms with Gasteiger partial charge in [-0.15, -0.1) is 0 Å². The van der Waals surface area contributed by atoms with E-state index in [4.69, 9.17) is 9.47 Å². The fourth-order valence-electron chi connectivity index (χ4n) is 1.74. The molecule has 2 rings (SSSR count). The standard InChI is InChI=1S/C14H16O10/c15-11(19-5-9-7-21-13(17)23-9)3-1-2-4-12(16)20-6-10-8-22-14(18)24-10/h1-2,9-10H,3-8H2/b2-1+. The highest BCUT2D eigenvalue weighted by Crippen LogP contribution is 2.08. The van der Waals surface area contributed by atoms with Crippen LogP contribution in [0.1, 0.15) is 12.8 Å². The van der Waals surface area contributed by atoms with Crippen LogP contribution in [0.4, 0.5) is 9.59 Å². The predicted molar refractivity (Wildman–Crippen MR) is 72.7 cm³/mol. The average Bonchev–Trinajstić information content (AvgIpc) is 3.16. The van der Waals surface area contributed by atoms with Crippen LogP contribution in [0.2, 0.25) is 0 Å². The summed E-state index contributed by atoms with van der Waals surface area (Å²) < 4.78 is 28.2. The van der Waals surface area contributed by atoms with Gasteiger partial charge in [0.2, 0.25) is 0 Å². The number of hydrogen-bond donors (Lipinski definition) is 0. The van der Waals surface area contributed by atoms with Crippen LogP contribution in [0.5, 0.6) is 0 Å². The van der Waals surface area contributed by atoms with Crippen molar-refractivity contribution < 1.29 is 47.6 Å². The van der Waals surface area contributed by atoms with Gasteiger partial charge in [-0.25, -0.2) is 9.59 Å². The summed E-state index contributed by atoms with van der Waals surface area (Å²) in [6, 6.07) is 0.